The van der Waals surface area contributed by atoms with Crippen molar-refractivity contribution in [3.63, 3.8) is 0 Å². The summed E-state index contributed by atoms with van der Waals surface area (Å²) in [7, 11) is 0. The number of ether oxygens (including phenoxy) is 1. The summed E-state index contributed by atoms with van der Waals surface area (Å²) < 4.78 is 19.7. The van der Waals surface area contributed by atoms with Gasteiger partial charge in [0.1, 0.15) is 11.6 Å². The molecule has 0 aliphatic carbocycles. The number of rotatable bonds is 10. The molecule has 1 N–H and O–H groups in total. The van der Waals surface area contributed by atoms with Gasteiger partial charge in [-0.05, 0) is 73.7 Å². The molecule has 0 amide bonds. The Hall–Kier alpha value is -2.78. The summed E-state index contributed by atoms with van der Waals surface area (Å²) in [5.41, 5.74) is 3.59. The second kappa shape index (κ2) is 10.8. The zero-order valence-corrected chi connectivity index (χ0v) is 18.0. The van der Waals surface area contributed by atoms with Crippen LogP contribution in [-0.2, 0) is 6.42 Å². The Morgan fingerprint density at radius 1 is 1.10 bits per heavy atom. The highest BCUT2D eigenvalue weighted by atomic mass is 35.5. The highest BCUT2D eigenvalue weighted by Gasteiger charge is 2.11. The van der Waals surface area contributed by atoms with Crippen molar-refractivity contribution in [1.29, 1.82) is 0 Å². The molecule has 30 heavy (non-hydrogen) atoms. The summed E-state index contributed by atoms with van der Waals surface area (Å²) in [4.78, 5) is 0. The fourth-order valence-corrected chi connectivity index (χ4v) is 3.71. The van der Waals surface area contributed by atoms with E-state index >= 15 is 0 Å². The van der Waals surface area contributed by atoms with Gasteiger partial charge in [0.15, 0.2) is 0 Å². The number of allylic oxidation sites excluding steroid dienone is 1. The van der Waals surface area contributed by atoms with E-state index < -0.39 is 0 Å². The van der Waals surface area contributed by atoms with Gasteiger partial charge in [-0.3, -0.25) is 0 Å². The first-order valence-electron chi connectivity index (χ1n) is 10.3. The van der Waals surface area contributed by atoms with Crippen LogP contribution in [0.15, 0.2) is 79.4 Å². The first kappa shape index (κ1) is 21.9. The molecule has 4 heteroatoms. The Kier molecular flexibility index (Phi) is 7.92. The third kappa shape index (κ3) is 5.87. The van der Waals surface area contributed by atoms with Crippen LogP contribution >= 0.6 is 11.6 Å². The summed E-state index contributed by atoms with van der Waals surface area (Å²) in [5, 5.41) is 3.77. The molecule has 1 atom stereocenters. The quantitative estimate of drug-likeness (QED) is 0.334. The first-order valence-corrected chi connectivity index (χ1v) is 10.6. The molecular weight excluding hydrogens is 397 g/mol. The molecule has 0 aliphatic heterocycles. The highest BCUT2D eigenvalue weighted by Crippen LogP contribution is 2.31. The molecule has 0 saturated heterocycles. The summed E-state index contributed by atoms with van der Waals surface area (Å²) in [6.07, 6.45) is 4.71. The fourth-order valence-electron chi connectivity index (χ4n) is 3.47. The molecule has 1 unspecified atom stereocenters. The van der Waals surface area contributed by atoms with Crippen molar-refractivity contribution in [1.82, 2.24) is 0 Å². The van der Waals surface area contributed by atoms with Gasteiger partial charge in [-0.1, -0.05) is 48.0 Å². The number of hydrogen-bond acceptors (Lipinski definition) is 2. The van der Waals surface area contributed by atoms with Crippen LogP contribution in [0.2, 0.25) is 5.02 Å². The maximum atomic E-state index is 14.2. The zero-order valence-electron chi connectivity index (χ0n) is 17.2. The van der Waals surface area contributed by atoms with Crippen LogP contribution in [-0.4, -0.2) is 6.61 Å². The van der Waals surface area contributed by atoms with Gasteiger partial charge in [0.25, 0.3) is 0 Å². The van der Waals surface area contributed by atoms with Crippen LogP contribution in [0.1, 0.15) is 36.8 Å². The van der Waals surface area contributed by atoms with Gasteiger partial charge in [0.05, 0.1) is 17.3 Å². The van der Waals surface area contributed by atoms with E-state index in [0.717, 1.165) is 36.1 Å². The lowest BCUT2D eigenvalue weighted by Crippen LogP contribution is -1.99. The van der Waals surface area contributed by atoms with E-state index in [1.807, 2.05) is 73.7 Å². The largest absolute Gasteiger partial charge is 0.492 e. The van der Waals surface area contributed by atoms with Crippen LogP contribution in [0.25, 0.3) is 0 Å². The second-order valence-corrected chi connectivity index (χ2v) is 7.57. The molecule has 3 aromatic carbocycles. The number of aryl methyl sites for hydroxylation is 1. The highest BCUT2D eigenvalue weighted by molar-refractivity contribution is 6.32. The van der Waals surface area contributed by atoms with Gasteiger partial charge in [-0.15, -0.1) is 6.58 Å². The number of benzene rings is 3. The summed E-state index contributed by atoms with van der Waals surface area (Å²) in [5.74, 6) is 0.659. The Morgan fingerprint density at radius 3 is 2.60 bits per heavy atom. The molecule has 0 radical (unpaired) electrons. The molecule has 0 bridgehead atoms. The van der Waals surface area contributed by atoms with Crippen molar-refractivity contribution < 1.29 is 9.13 Å². The van der Waals surface area contributed by atoms with E-state index in [2.05, 4.69) is 11.9 Å². The number of halogens is 2. The summed E-state index contributed by atoms with van der Waals surface area (Å²) >= 11 is 6.34. The number of anilines is 2. The third-order valence-electron chi connectivity index (χ3n) is 5.03. The average molecular weight is 424 g/mol. The lowest BCUT2D eigenvalue weighted by molar-refractivity contribution is 0.340. The predicted molar refractivity (Wildman–Crippen MR) is 125 cm³/mol. The van der Waals surface area contributed by atoms with Gasteiger partial charge in [-0.2, -0.15) is 0 Å². The van der Waals surface area contributed by atoms with Crippen molar-refractivity contribution in [3.05, 3.63) is 101 Å². The first-order chi connectivity index (χ1) is 14.6. The molecule has 3 aromatic rings. The van der Waals surface area contributed by atoms with Crippen LogP contribution in [0.4, 0.5) is 15.8 Å². The molecule has 0 aliphatic rings. The molecule has 0 aromatic heterocycles. The molecule has 0 saturated carbocycles. The fraction of sp³-hybridized carbons (Fsp3) is 0.231. The minimum Gasteiger partial charge on any atom is -0.492 e. The molecule has 0 fully saturated rings. The van der Waals surface area contributed by atoms with Gasteiger partial charge < -0.3 is 10.1 Å². The average Bonchev–Trinajstić information content (AvgIpc) is 2.76. The van der Waals surface area contributed by atoms with Gasteiger partial charge in [-0.25, -0.2) is 4.39 Å². The van der Waals surface area contributed by atoms with Crippen molar-refractivity contribution >= 4 is 23.0 Å². The van der Waals surface area contributed by atoms with E-state index in [0.29, 0.717) is 23.1 Å². The molecule has 0 spiro atoms. The van der Waals surface area contributed by atoms with Crippen molar-refractivity contribution in [2.24, 2.45) is 0 Å². The maximum Gasteiger partial charge on any atom is 0.146 e. The predicted octanol–water partition coefficient (Wildman–Crippen LogP) is 7.91. The van der Waals surface area contributed by atoms with Crippen molar-refractivity contribution in [3.8, 4) is 5.75 Å². The van der Waals surface area contributed by atoms with Gasteiger partial charge in [0, 0.05) is 11.6 Å². The van der Waals surface area contributed by atoms with E-state index in [-0.39, 0.29) is 11.7 Å². The minimum absolute atomic E-state index is 0.209. The Labute approximate surface area is 183 Å². The Balaban J connectivity index is 1.61. The lowest BCUT2D eigenvalue weighted by atomic mass is 9.92. The van der Waals surface area contributed by atoms with Gasteiger partial charge in [0.2, 0.25) is 0 Å². The Bertz CT molecular complexity index is 974. The van der Waals surface area contributed by atoms with Gasteiger partial charge >= 0.3 is 0 Å². The monoisotopic (exact) mass is 423 g/mol. The zero-order chi connectivity index (χ0) is 21.3. The van der Waals surface area contributed by atoms with Crippen LogP contribution in [0.5, 0.6) is 5.75 Å². The van der Waals surface area contributed by atoms with Crippen LogP contribution in [0, 0.1) is 5.82 Å². The lowest BCUT2D eigenvalue weighted by Gasteiger charge is -2.15. The SMILES string of the molecule is C=CC(CCCc1ccc(F)c(Nc2ccccc2)c1)c1ccc(OCC)c(Cl)c1. The normalized spacial score (nSPS) is 11.7. The third-order valence-corrected chi connectivity index (χ3v) is 5.33. The molecular formula is C26H27ClFNO. The standard InChI is InChI=1S/C26H27ClFNO/c1-3-20(21-14-16-26(30-4-2)23(27)18-21)10-8-9-19-13-15-24(28)25(17-19)29-22-11-6-5-7-12-22/h3,5-7,11-18,20,29H,1,4,8-10H2,2H3. The van der Waals surface area contributed by atoms with E-state index in [9.17, 15) is 4.39 Å². The van der Waals surface area contributed by atoms with E-state index in [1.54, 1.807) is 0 Å². The molecule has 156 valence electrons. The number of hydrogen-bond donors (Lipinski definition) is 1. The smallest absolute Gasteiger partial charge is 0.146 e. The van der Waals surface area contributed by atoms with Crippen LogP contribution in [0.3, 0.4) is 0 Å². The van der Waals surface area contributed by atoms with Crippen molar-refractivity contribution in [2.45, 2.75) is 32.1 Å². The number of nitrogens with one attached hydrogen (secondary N) is 1. The van der Waals surface area contributed by atoms with E-state index in [1.165, 1.54) is 6.07 Å². The van der Waals surface area contributed by atoms with E-state index in [4.69, 9.17) is 16.3 Å². The molecule has 0 heterocycles. The minimum atomic E-state index is -0.254. The maximum absolute atomic E-state index is 14.2. The summed E-state index contributed by atoms with van der Waals surface area (Å²) in [6.45, 7) is 6.51. The Morgan fingerprint density at radius 2 is 1.90 bits per heavy atom. The van der Waals surface area contributed by atoms with Crippen molar-refractivity contribution in [2.75, 3.05) is 11.9 Å². The topological polar surface area (TPSA) is 21.3 Å². The number of para-hydroxylation sites is 1. The second-order valence-electron chi connectivity index (χ2n) is 7.16. The summed E-state index contributed by atoms with van der Waals surface area (Å²) in [6, 6.07) is 20.8. The molecule has 2 nitrogen and oxygen atoms in total. The van der Waals surface area contributed by atoms with Crippen LogP contribution < -0.4 is 10.1 Å². The molecule has 3 rings (SSSR count).